The van der Waals surface area contributed by atoms with E-state index in [0.29, 0.717) is 6.07 Å². The second kappa shape index (κ2) is 3.69. The van der Waals surface area contributed by atoms with Crippen LogP contribution >= 0.6 is 0 Å². The van der Waals surface area contributed by atoms with E-state index in [0.717, 1.165) is 6.07 Å². The standard InChI is InChI=1S/C9H7F3O2/c1-4-2-5(9(13)14)3-6(10)7(4)8(11)12/h2-3,8H,1H3,(H,13,14). The molecule has 2 nitrogen and oxygen atoms in total. The van der Waals surface area contributed by atoms with Gasteiger partial charge in [0.25, 0.3) is 6.43 Å². The molecule has 0 heterocycles. The Labute approximate surface area is 78.0 Å². The highest BCUT2D eigenvalue weighted by molar-refractivity contribution is 5.87. The summed E-state index contributed by atoms with van der Waals surface area (Å²) >= 11 is 0. The Hall–Kier alpha value is -1.52. The van der Waals surface area contributed by atoms with Gasteiger partial charge in [0.1, 0.15) is 5.82 Å². The molecule has 0 radical (unpaired) electrons. The number of aromatic carboxylic acids is 1. The van der Waals surface area contributed by atoms with Crippen molar-refractivity contribution in [3.63, 3.8) is 0 Å². The molecule has 1 rings (SSSR count). The second-order valence-electron chi connectivity index (χ2n) is 2.79. The van der Waals surface area contributed by atoms with Crippen LogP contribution in [0.25, 0.3) is 0 Å². The molecule has 0 fully saturated rings. The first kappa shape index (κ1) is 10.6. The van der Waals surface area contributed by atoms with Gasteiger partial charge in [-0.15, -0.1) is 0 Å². The number of aryl methyl sites for hydroxylation is 1. The lowest BCUT2D eigenvalue weighted by atomic mass is 10.0. The lowest BCUT2D eigenvalue weighted by molar-refractivity contribution is 0.0695. The van der Waals surface area contributed by atoms with Gasteiger partial charge in [0.05, 0.1) is 11.1 Å². The minimum atomic E-state index is -2.93. The summed E-state index contributed by atoms with van der Waals surface area (Å²) in [7, 11) is 0. The van der Waals surface area contributed by atoms with Gasteiger partial charge in [-0.25, -0.2) is 18.0 Å². The Morgan fingerprint density at radius 3 is 2.36 bits per heavy atom. The van der Waals surface area contributed by atoms with Gasteiger partial charge in [-0.1, -0.05) is 0 Å². The van der Waals surface area contributed by atoms with Crippen molar-refractivity contribution < 1.29 is 23.1 Å². The largest absolute Gasteiger partial charge is 0.478 e. The normalized spacial score (nSPS) is 10.6. The molecule has 0 spiro atoms. The Bertz CT molecular complexity index is 351. The molecule has 0 aliphatic heterocycles. The molecule has 14 heavy (non-hydrogen) atoms. The van der Waals surface area contributed by atoms with Gasteiger partial charge in [0, 0.05) is 0 Å². The van der Waals surface area contributed by atoms with Gasteiger partial charge in [-0.2, -0.15) is 0 Å². The molecule has 5 heteroatoms. The van der Waals surface area contributed by atoms with Crippen molar-refractivity contribution in [2.75, 3.05) is 0 Å². The fourth-order valence-corrected chi connectivity index (χ4v) is 1.16. The highest BCUT2D eigenvalue weighted by Gasteiger charge is 2.18. The number of benzene rings is 1. The van der Waals surface area contributed by atoms with Crippen LogP contribution in [0.2, 0.25) is 0 Å². The third kappa shape index (κ3) is 1.86. The first-order valence-electron chi connectivity index (χ1n) is 3.75. The van der Waals surface area contributed by atoms with E-state index in [2.05, 4.69) is 0 Å². The number of carbonyl (C=O) groups is 1. The van der Waals surface area contributed by atoms with Crippen molar-refractivity contribution in [2.24, 2.45) is 0 Å². The van der Waals surface area contributed by atoms with Crippen LogP contribution in [0.3, 0.4) is 0 Å². The van der Waals surface area contributed by atoms with Gasteiger partial charge in [0.2, 0.25) is 0 Å². The van der Waals surface area contributed by atoms with E-state index in [1.165, 1.54) is 6.92 Å². The minimum Gasteiger partial charge on any atom is -0.478 e. The fourth-order valence-electron chi connectivity index (χ4n) is 1.16. The molecule has 1 N–H and O–H groups in total. The molecule has 0 unspecified atom stereocenters. The van der Waals surface area contributed by atoms with Crippen LogP contribution in [0.1, 0.15) is 27.9 Å². The van der Waals surface area contributed by atoms with E-state index in [-0.39, 0.29) is 11.1 Å². The van der Waals surface area contributed by atoms with Crippen LogP contribution < -0.4 is 0 Å². The van der Waals surface area contributed by atoms with E-state index in [1.54, 1.807) is 0 Å². The molecular weight excluding hydrogens is 197 g/mol. The highest BCUT2D eigenvalue weighted by Crippen LogP contribution is 2.26. The minimum absolute atomic E-state index is 0.0580. The monoisotopic (exact) mass is 204 g/mol. The van der Waals surface area contributed by atoms with Crippen LogP contribution in [0.5, 0.6) is 0 Å². The van der Waals surface area contributed by atoms with Gasteiger partial charge in [-0.05, 0) is 24.6 Å². The van der Waals surface area contributed by atoms with E-state index in [9.17, 15) is 18.0 Å². The molecule has 76 valence electrons. The number of carboxylic acids is 1. The molecule has 0 amide bonds. The molecule has 0 atom stereocenters. The number of halogens is 3. The Kier molecular flexibility index (Phi) is 2.78. The van der Waals surface area contributed by atoms with E-state index >= 15 is 0 Å². The number of carboxylic acid groups (broad SMARTS) is 1. The predicted octanol–water partition coefficient (Wildman–Crippen LogP) is 2.77. The first-order chi connectivity index (χ1) is 6.43. The van der Waals surface area contributed by atoms with Crippen molar-refractivity contribution in [1.29, 1.82) is 0 Å². The van der Waals surface area contributed by atoms with Crippen molar-refractivity contribution in [3.05, 3.63) is 34.6 Å². The van der Waals surface area contributed by atoms with Gasteiger partial charge < -0.3 is 5.11 Å². The second-order valence-corrected chi connectivity index (χ2v) is 2.79. The fraction of sp³-hybridized carbons (Fsp3) is 0.222. The van der Waals surface area contributed by atoms with E-state index in [4.69, 9.17) is 5.11 Å². The number of alkyl halides is 2. The molecule has 1 aromatic rings. The summed E-state index contributed by atoms with van der Waals surface area (Å²) in [5.74, 6) is -2.52. The quantitative estimate of drug-likeness (QED) is 0.804. The Morgan fingerprint density at radius 2 is 2.00 bits per heavy atom. The Balaban J connectivity index is 3.32. The zero-order valence-electron chi connectivity index (χ0n) is 7.22. The molecule has 0 saturated heterocycles. The van der Waals surface area contributed by atoms with Crippen molar-refractivity contribution in [3.8, 4) is 0 Å². The van der Waals surface area contributed by atoms with E-state index in [1.807, 2.05) is 0 Å². The molecular formula is C9H7F3O2. The van der Waals surface area contributed by atoms with Crippen LogP contribution in [0.15, 0.2) is 12.1 Å². The average Bonchev–Trinajstić information content (AvgIpc) is 2.01. The molecule has 0 aliphatic rings. The smallest absolute Gasteiger partial charge is 0.335 e. The highest BCUT2D eigenvalue weighted by atomic mass is 19.3. The maximum atomic E-state index is 13.0. The first-order valence-corrected chi connectivity index (χ1v) is 3.75. The molecule has 1 aromatic carbocycles. The van der Waals surface area contributed by atoms with Crippen LogP contribution in [-0.2, 0) is 0 Å². The maximum Gasteiger partial charge on any atom is 0.335 e. The molecule has 0 aromatic heterocycles. The van der Waals surface area contributed by atoms with Gasteiger partial charge in [-0.3, -0.25) is 0 Å². The van der Waals surface area contributed by atoms with Gasteiger partial charge >= 0.3 is 5.97 Å². The van der Waals surface area contributed by atoms with Crippen LogP contribution in [0.4, 0.5) is 13.2 Å². The average molecular weight is 204 g/mol. The summed E-state index contributed by atoms with van der Waals surface area (Å²) in [4.78, 5) is 10.4. The summed E-state index contributed by atoms with van der Waals surface area (Å²) in [5.41, 5.74) is -1.13. The van der Waals surface area contributed by atoms with Gasteiger partial charge in [0.15, 0.2) is 0 Å². The summed E-state index contributed by atoms with van der Waals surface area (Å²) < 4.78 is 37.4. The number of rotatable bonds is 2. The van der Waals surface area contributed by atoms with Crippen LogP contribution in [0, 0.1) is 12.7 Å². The number of hydrogen-bond acceptors (Lipinski definition) is 1. The van der Waals surface area contributed by atoms with Crippen molar-refractivity contribution >= 4 is 5.97 Å². The number of hydrogen-bond donors (Lipinski definition) is 1. The third-order valence-electron chi connectivity index (χ3n) is 1.80. The summed E-state index contributed by atoms with van der Waals surface area (Å²) in [6.07, 6.45) is -2.93. The van der Waals surface area contributed by atoms with Crippen LogP contribution in [-0.4, -0.2) is 11.1 Å². The topological polar surface area (TPSA) is 37.3 Å². The summed E-state index contributed by atoms with van der Waals surface area (Å²) in [5, 5.41) is 8.51. The summed E-state index contributed by atoms with van der Waals surface area (Å²) in [6, 6.07) is 1.61. The van der Waals surface area contributed by atoms with E-state index < -0.39 is 23.8 Å². The Morgan fingerprint density at radius 1 is 1.43 bits per heavy atom. The molecule has 0 saturated carbocycles. The summed E-state index contributed by atoms with van der Waals surface area (Å²) in [6.45, 7) is 1.25. The maximum absolute atomic E-state index is 13.0. The molecule has 0 bridgehead atoms. The van der Waals surface area contributed by atoms with Crippen molar-refractivity contribution in [1.82, 2.24) is 0 Å². The lowest BCUT2D eigenvalue weighted by Gasteiger charge is -2.07. The predicted molar refractivity (Wildman–Crippen MR) is 43.1 cm³/mol. The molecule has 0 aliphatic carbocycles. The zero-order chi connectivity index (χ0) is 10.9. The SMILES string of the molecule is Cc1cc(C(=O)O)cc(F)c1C(F)F. The lowest BCUT2D eigenvalue weighted by Crippen LogP contribution is -2.02. The zero-order valence-corrected chi connectivity index (χ0v) is 7.22. The third-order valence-corrected chi connectivity index (χ3v) is 1.80. The van der Waals surface area contributed by atoms with Crippen molar-refractivity contribution in [2.45, 2.75) is 13.3 Å².